The van der Waals surface area contributed by atoms with Crippen LogP contribution in [0, 0.1) is 0 Å². The van der Waals surface area contributed by atoms with Gasteiger partial charge in [-0.3, -0.25) is 19.3 Å². The van der Waals surface area contributed by atoms with E-state index in [2.05, 4.69) is 10.6 Å². The zero-order valence-electron chi connectivity index (χ0n) is 23.1. The SMILES string of the molecule is CC(=O)CN(CCOC(C)=O)CCOC(=O)COCC(=O)NCCOCCOCCNC(=O)OC(C)(C)C. The molecular formula is C24H43N3O11. The predicted octanol–water partition coefficient (Wildman–Crippen LogP) is -0.326. The van der Waals surface area contributed by atoms with Crippen LogP contribution in [-0.2, 0) is 47.6 Å². The molecule has 0 aromatic rings. The topological polar surface area (TPSA) is 168 Å². The molecule has 2 amide bonds. The first kappa shape index (κ1) is 35.2. The first-order valence-electron chi connectivity index (χ1n) is 12.4. The summed E-state index contributed by atoms with van der Waals surface area (Å²) in [5, 5.41) is 5.16. The van der Waals surface area contributed by atoms with Crippen LogP contribution >= 0.6 is 0 Å². The molecule has 0 aliphatic heterocycles. The van der Waals surface area contributed by atoms with Gasteiger partial charge in [-0.2, -0.15) is 0 Å². The monoisotopic (exact) mass is 549 g/mol. The third kappa shape index (κ3) is 24.9. The lowest BCUT2D eigenvalue weighted by Crippen LogP contribution is -2.36. The second kappa shape index (κ2) is 21.2. The number of nitrogens with one attached hydrogen (secondary N) is 2. The van der Waals surface area contributed by atoms with Crippen LogP contribution in [0.25, 0.3) is 0 Å². The normalized spacial score (nSPS) is 11.1. The molecule has 0 aliphatic rings. The van der Waals surface area contributed by atoms with Gasteiger partial charge >= 0.3 is 18.0 Å². The van der Waals surface area contributed by atoms with Crippen molar-refractivity contribution in [1.82, 2.24) is 15.5 Å². The van der Waals surface area contributed by atoms with E-state index < -0.39 is 36.1 Å². The van der Waals surface area contributed by atoms with Gasteiger partial charge in [-0.1, -0.05) is 0 Å². The smallest absolute Gasteiger partial charge is 0.407 e. The van der Waals surface area contributed by atoms with Crippen LogP contribution in [0.3, 0.4) is 0 Å². The number of hydrogen-bond acceptors (Lipinski definition) is 12. The molecule has 38 heavy (non-hydrogen) atoms. The Hall–Kier alpha value is -2.81. The first-order chi connectivity index (χ1) is 17.9. The fraction of sp³-hybridized carbons (Fsp3) is 0.792. The Labute approximate surface area is 223 Å². The Bertz CT molecular complexity index is 726. The molecule has 0 heterocycles. The van der Waals surface area contributed by atoms with Gasteiger partial charge in [-0.05, 0) is 27.7 Å². The maximum absolute atomic E-state index is 11.8. The quantitative estimate of drug-likeness (QED) is 0.109. The zero-order chi connectivity index (χ0) is 28.8. The van der Waals surface area contributed by atoms with Crippen LogP contribution in [0.1, 0.15) is 34.6 Å². The molecule has 2 N–H and O–H groups in total. The number of rotatable bonds is 21. The van der Waals surface area contributed by atoms with Crippen molar-refractivity contribution in [3.05, 3.63) is 0 Å². The van der Waals surface area contributed by atoms with Crippen molar-refractivity contribution in [1.29, 1.82) is 0 Å². The molecule has 0 aromatic carbocycles. The molecule has 0 rings (SSSR count). The predicted molar refractivity (Wildman–Crippen MR) is 134 cm³/mol. The lowest BCUT2D eigenvalue weighted by atomic mass is 10.2. The Kier molecular flexibility index (Phi) is 19.6. The van der Waals surface area contributed by atoms with Crippen molar-refractivity contribution in [3.8, 4) is 0 Å². The van der Waals surface area contributed by atoms with Gasteiger partial charge in [-0.25, -0.2) is 9.59 Å². The molecule has 0 unspecified atom stereocenters. The summed E-state index contributed by atoms with van der Waals surface area (Å²) < 4.78 is 30.7. The zero-order valence-corrected chi connectivity index (χ0v) is 23.1. The van der Waals surface area contributed by atoms with Crippen molar-refractivity contribution in [3.63, 3.8) is 0 Å². The van der Waals surface area contributed by atoms with Crippen LogP contribution < -0.4 is 10.6 Å². The molecule has 0 aliphatic carbocycles. The van der Waals surface area contributed by atoms with Gasteiger partial charge in [0, 0.05) is 33.1 Å². The Balaban J connectivity index is 3.69. The highest BCUT2D eigenvalue weighted by Crippen LogP contribution is 2.06. The summed E-state index contributed by atoms with van der Waals surface area (Å²) in [5.41, 5.74) is -0.553. The fourth-order valence-corrected chi connectivity index (χ4v) is 2.64. The van der Waals surface area contributed by atoms with E-state index in [1.54, 1.807) is 25.7 Å². The molecule has 220 valence electrons. The molecule has 0 saturated carbocycles. The number of nitrogens with zero attached hydrogens (tertiary/aromatic N) is 1. The molecule has 0 bridgehead atoms. The maximum atomic E-state index is 11.8. The number of carbonyl (C=O) groups excluding carboxylic acids is 5. The van der Waals surface area contributed by atoms with Gasteiger partial charge in [0.15, 0.2) is 0 Å². The molecular weight excluding hydrogens is 506 g/mol. The van der Waals surface area contributed by atoms with Crippen LogP contribution in [0.5, 0.6) is 0 Å². The number of carbonyl (C=O) groups is 5. The molecule has 0 saturated heterocycles. The van der Waals surface area contributed by atoms with Crippen LogP contribution in [-0.4, -0.2) is 126 Å². The second-order valence-corrected chi connectivity index (χ2v) is 9.03. The summed E-state index contributed by atoms with van der Waals surface area (Å²) in [5.74, 6) is -1.55. The van der Waals surface area contributed by atoms with Gasteiger partial charge in [-0.15, -0.1) is 0 Å². The largest absolute Gasteiger partial charge is 0.465 e. The lowest BCUT2D eigenvalue weighted by molar-refractivity contribution is -0.150. The van der Waals surface area contributed by atoms with Crippen molar-refractivity contribution < 1.29 is 52.4 Å². The van der Waals surface area contributed by atoms with E-state index in [9.17, 15) is 24.0 Å². The van der Waals surface area contributed by atoms with E-state index in [1.807, 2.05) is 0 Å². The molecule has 0 aromatic heterocycles. The van der Waals surface area contributed by atoms with Crippen LogP contribution in [0.15, 0.2) is 0 Å². The first-order valence-corrected chi connectivity index (χ1v) is 12.4. The summed E-state index contributed by atoms with van der Waals surface area (Å²) in [6.07, 6.45) is -0.504. The fourth-order valence-electron chi connectivity index (χ4n) is 2.64. The molecule has 14 heteroatoms. The van der Waals surface area contributed by atoms with E-state index in [-0.39, 0.29) is 51.8 Å². The number of alkyl carbamates (subject to hydrolysis) is 1. The third-order valence-electron chi connectivity index (χ3n) is 4.14. The van der Waals surface area contributed by atoms with E-state index in [4.69, 9.17) is 28.4 Å². The van der Waals surface area contributed by atoms with Gasteiger partial charge in [0.25, 0.3) is 0 Å². The average molecular weight is 550 g/mol. The molecule has 0 radical (unpaired) electrons. The maximum Gasteiger partial charge on any atom is 0.407 e. The standard InChI is InChI=1S/C24H43N3O11/c1-19(28)16-27(8-12-36-20(2)29)9-13-37-22(31)18-35-17-21(30)25-6-10-33-14-15-34-11-7-26-23(32)38-24(3,4)5/h6-18H2,1-5H3,(H,25,30)(H,26,32). The summed E-state index contributed by atoms with van der Waals surface area (Å²) >= 11 is 0. The van der Waals surface area contributed by atoms with E-state index in [1.165, 1.54) is 13.8 Å². The third-order valence-corrected chi connectivity index (χ3v) is 4.14. The van der Waals surface area contributed by atoms with Crippen molar-refractivity contribution in [2.75, 3.05) is 85.6 Å². The van der Waals surface area contributed by atoms with E-state index in [0.717, 1.165) is 0 Å². The van der Waals surface area contributed by atoms with Crippen molar-refractivity contribution in [2.45, 2.75) is 40.2 Å². The van der Waals surface area contributed by atoms with E-state index in [0.29, 0.717) is 32.9 Å². The summed E-state index contributed by atoms with van der Waals surface area (Å²) in [4.78, 5) is 58.8. The molecule has 0 atom stereocenters. The molecule has 0 spiro atoms. The molecule has 0 fully saturated rings. The number of esters is 2. The lowest BCUT2D eigenvalue weighted by Gasteiger charge is -2.20. The van der Waals surface area contributed by atoms with Gasteiger partial charge in [0.1, 0.15) is 37.8 Å². The highest BCUT2D eigenvalue weighted by atomic mass is 16.6. The minimum absolute atomic E-state index is 0.0169. The van der Waals surface area contributed by atoms with Crippen molar-refractivity contribution in [2.24, 2.45) is 0 Å². The number of Topliss-reactive ketones (excluding diaryl/α,β-unsaturated/α-hetero) is 1. The van der Waals surface area contributed by atoms with Gasteiger partial charge < -0.3 is 39.1 Å². The number of amides is 2. The number of hydrogen-bond donors (Lipinski definition) is 2. The van der Waals surface area contributed by atoms with Crippen molar-refractivity contribution >= 4 is 29.7 Å². The molecule has 14 nitrogen and oxygen atoms in total. The summed E-state index contributed by atoms with van der Waals surface area (Å²) in [6.45, 7) is 10.0. The minimum atomic E-state index is -0.648. The van der Waals surface area contributed by atoms with Crippen LogP contribution in [0.2, 0.25) is 0 Å². The Morgan fingerprint density at radius 1 is 0.711 bits per heavy atom. The highest BCUT2D eigenvalue weighted by Gasteiger charge is 2.15. The highest BCUT2D eigenvalue weighted by molar-refractivity contribution is 5.78. The van der Waals surface area contributed by atoms with Gasteiger partial charge in [0.2, 0.25) is 5.91 Å². The summed E-state index contributed by atoms with van der Waals surface area (Å²) in [7, 11) is 0. The van der Waals surface area contributed by atoms with E-state index >= 15 is 0 Å². The summed E-state index contributed by atoms with van der Waals surface area (Å²) in [6, 6.07) is 0. The Morgan fingerprint density at radius 2 is 1.29 bits per heavy atom. The Morgan fingerprint density at radius 3 is 1.84 bits per heavy atom. The second-order valence-electron chi connectivity index (χ2n) is 9.03. The van der Waals surface area contributed by atoms with Crippen LogP contribution in [0.4, 0.5) is 4.79 Å². The minimum Gasteiger partial charge on any atom is -0.465 e. The van der Waals surface area contributed by atoms with Gasteiger partial charge in [0.05, 0.1) is 33.0 Å². The average Bonchev–Trinajstić information content (AvgIpc) is 2.78. The number of ketones is 1. The number of ether oxygens (including phenoxy) is 6.